The molecule has 4 aromatic rings. The van der Waals surface area contributed by atoms with Crippen molar-refractivity contribution in [2.45, 2.75) is 17.4 Å². The summed E-state index contributed by atoms with van der Waals surface area (Å²) in [6.07, 6.45) is 0.202. The first kappa shape index (κ1) is 23.6. The van der Waals surface area contributed by atoms with Crippen LogP contribution in [0.3, 0.4) is 0 Å². The molecule has 0 radical (unpaired) electrons. The van der Waals surface area contributed by atoms with E-state index in [4.69, 9.17) is 0 Å². The minimum Gasteiger partial charge on any atom is -0.301 e. The Hall–Kier alpha value is -2.60. The van der Waals surface area contributed by atoms with E-state index in [1.165, 1.54) is 23.5 Å². The number of hydrogen-bond acceptors (Lipinski definition) is 5. The van der Waals surface area contributed by atoms with Crippen LogP contribution >= 0.6 is 33.9 Å². The third kappa shape index (κ3) is 6.26. The van der Waals surface area contributed by atoms with Crippen LogP contribution in [0.25, 0.3) is 11.3 Å². The van der Waals surface area contributed by atoms with Gasteiger partial charge in [0.05, 0.1) is 10.6 Å². The van der Waals surface area contributed by atoms with Gasteiger partial charge in [0, 0.05) is 14.5 Å². The summed E-state index contributed by atoms with van der Waals surface area (Å²) in [5.74, 6) is -0.470. The van der Waals surface area contributed by atoms with Crippen molar-refractivity contribution in [3.8, 4) is 11.3 Å². The standard InChI is InChI=1S/C24H20IN3O3S2/c25-19-11-13-20(14-12-19)33(30,31)28-21(15-17-7-3-1-4-8-17)23(29)27-24-26-22(16-32-24)18-9-5-2-6-10-18/h1-14,16,21,28H,15H2,(H,26,27,29)/t21-/m0/s1. The number of anilines is 1. The van der Waals surface area contributed by atoms with Gasteiger partial charge in [0.15, 0.2) is 5.13 Å². The van der Waals surface area contributed by atoms with Crippen molar-refractivity contribution >= 4 is 55.0 Å². The van der Waals surface area contributed by atoms with Crippen LogP contribution in [-0.4, -0.2) is 25.4 Å². The van der Waals surface area contributed by atoms with Gasteiger partial charge in [0.25, 0.3) is 0 Å². The van der Waals surface area contributed by atoms with Gasteiger partial charge in [-0.05, 0) is 58.8 Å². The number of halogens is 1. The second-order valence-electron chi connectivity index (χ2n) is 7.21. The van der Waals surface area contributed by atoms with Crippen LogP contribution < -0.4 is 10.0 Å². The minimum atomic E-state index is -3.90. The quantitative estimate of drug-likeness (QED) is 0.285. The first-order valence-electron chi connectivity index (χ1n) is 10.0. The van der Waals surface area contributed by atoms with Crippen LogP contribution in [0.5, 0.6) is 0 Å². The van der Waals surface area contributed by atoms with E-state index in [1.807, 2.05) is 66.0 Å². The van der Waals surface area contributed by atoms with E-state index in [0.29, 0.717) is 5.13 Å². The lowest BCUT2D eigenvalue weighted by Crippen LogP contribution is -2.45. The number of nitrogens with zero attached hydrogens (tertiary/aromatic N) is 1. The molecule has 0 aliphatic carbocycles. The number of rotatable bonds is 8. The number of amides is 1. The molecule has 3 aromatic carbocycles. The number of thiazole rings is 1. The number of carbonyl (C=O) groups is 1. The van der Waals surface area contributed by atoms with E-state index in [9.17, 15) is 13.2 Å². The van der Waals surface area contributed by atoms with Crippen LogP contribution in [0.4, 0.5) is 5.13 Å². The normalized spacial score (nSPS) is 12.3. The molecule has 0 saturated heterocycles. The Bertz CT molecular complexity index is 1330. The van der Waals surface area contributed by atoms with E-state index < -0.39 is 22.0 Å². The van der Waals surface area contributed by atoms with Crippen molar-refractivity contribution in [1.29, 1.82) is 0 Å². The Morgan fingerprint density at radius 2 is 1.58 bits per heavy atom. The van der Waals surface area contributed by atoms with Gasteiger partial charge < -0.3 is 5.32 Å². The fourth-order valence-corrected chi connectivity index (χ4v) is 5.45. The molecular formula is C24H20IN3O3S2. The second-order valence-corrected chi connectivity index (χ2v) is 11.0. The topological polar surface area (TPSA) is 88.2 Å². The highest BCUT2D eigenvalue weighted by molar-refractivity contribution is 14.1. The highest BCUT2D eigenvalue weighted by atomic mass is 127. The van der Waals surface area contributed by atoms with Crippen molar-refractivity contribution < 1.29 is 13.2 Å². The lowest BCUT2D eigenvalue weighted by Gasteiger charge is -2.18. The summed E-state index contributed by atoms with van der Waals surface area (Å²) in [4.78, 5) is 17.7. The summed E-state index contributed by atoms with van der Waals surface area (Å²) >= 11 is 3.40. The average molecular weight is 589 g/mol. The van der Waals surface area contributed by atoms with Crippen molar-refractivity contribution in [2.24, 2.45) is 0 Å². The molecule has 0 saturated carbocycles. The zero-order valence-electron chi connectivity index (χ0n) is 17.3. The fourth-order valence-electron chi connectivity index (χ4n) is 3.17. The van der Waals surface area contributed by atoms with Crippen LogP contribution in [0.2, 0.25) is 0 Å². The number of carbonyl (C=O) groups excluding carboxylic acids is 1. The summed E-state index contributed by atoms with van der Waals surface area (Å²) < 4.78 is 29.5. The van der Waals surface area contributed by atoms with E-state index in [2.05, 4.69) is 37.6 Å². The molecule has 1 heterocycles. The summed E-state index contributed by atoms with van der Waals surface area (Å²) in [5.41, 5.74) is 2.52. The van der Waals surface area contributed by atoms with Crippen LogP contribution in [0.15, 0.2) is 95.2 Å². The molecule has 4 rings (SSSR count). The molecule has 33 heavy (non-hydrogen) atoms. The summed E-state index contributed by atoms with van der Waals surface area (Å²) in [7, 11) is -3.90. The van der Waals surface area contributed by atoms with Gasteiger partial charge in [-0.1, -0.05) is 60.7 Å². The Labute approximate surface area is 210 Å². The van der Waals surface area contributed by atoms with Crippen molar-refractivity contribution in [1.82, 2.24) is 9.71 Å². The summed E-state index contributed by atoms with van der Waals surface area (Å²) in [5, 5.41) is 5.04. The van der Waals surface area contributed by atoms with Gasteiger partial charge in [0.2, 0.25) is 15.9 Å². The smallest absolute Gasteiger partial charge is 0.244 e. The van der Waals surface area contributed by atoms with E-state index in [-0.39, 0.29) is 11.3 Å². The molecule has 1 amide bonds. The molecule has 0 spiro atoms. The van der Waals surface area contributed by atoms with E-state index >= 15 is 0 Å². The Kier molecular flexibility index (Phi) is 7.53. The van der Waals surface area contributed by atoms with Gasteiger partial charge in [-0.15, -0.1) is 11.3 Å². The highest BCUT2D eigenvalue weighted by Crippen LogP contribution is 2.25. The first-order valence-corrected chi connectivity index (χ1v) is 13.5. The molecule has 0 aliphatic rings. The summed E-state index contributed by atoms with van der Waals surface area (Å²) in [6.45, 7) is 0. The van der Waals surface area contributed by atoms with Crippen molar-refractivity contribution in [2.75, 3.05) is 5.32 Å². The fraction of sp³-hybridized carbons (Fsp3) is 0.0833. The number of benzene rings is 3. The third-order valence-electron chi connectivity index (χ3n) is 4.82. The molecule has 6 nitrogen and oxygen atoms in total. The van der Waals surface area contributed by atoms with Gasteiger partial charge in [-0.3, -0.25) is 4.79 Å². The largest absolute Gasteiger partial charge is 0.301 e. The second kappa shape index (κ2) is 10.6. The molecular weight excluding hydrogens is 569 g/mol. The maximum absolute atomic E-state index is 13.2. The molecule has 0 unspecified atom stereocenters. The van der Waals surface area contributed by atoms with E-state index in [0.717, 1.165) is 20.4 Å². The number of nitrogens with one attached hydrogen (secondary N) is 2. The number of aromatic nitrogens is 1. The first-order chi connectivity index (χ1) is 15.9. The van der Waals surface area contributed by atoms with Crippen LogP contribution in [0, 0.1) is 3.57 Å². The minimum absolute atomic E-state index is 0.106. The van der Waals surface area contributed by atoms with Gasteiger partial charge in [0.1, 0.15) is 6.04 Å². The van der Waals surface area contributed by atoms with Crippen LogP contribution in [0.1, 0.15) is 5.56 Å². The van der Waals surface area contributed by atoms with E-state index in [1.54, 1.807) is 12.1 Å². The SMILES string of the molecule is O=C(Nc1nc(-c2ccccc2)cs1)[C@H](Cc1ccccc1)NS(=O)(=O)c1ccc(I)cc1. The summed E-state index contributed by atoms with van der Waals surface area (Å²) in [6, 6.07) is 24.4. The number of hydrogen-bond donors (Lipinski definition) is 2. The van der Waals surface area contributed by atoms with Crippen LogP contribution in [-0.2, 0) is 21.2 Å². The lowest BCUT2D eigenvalue weighted by molar-refractivity contribution is -0.117. The zero-order valence-corrected chi connectivity index (χ0v) is 21.1. The molecule has 168 valence electrons. The lowest BCUT2D eigenvalue weighted by atomic mass is 10.1. The molecule has 0 aliphatic heterocycles. The van der Waals surface area contributed by atoms with Gasteiger partial charge in [-0.2, -0.15) is 4.72 Å². The highest BCUT2D eigenvalue weighted by Gasteiger charge is 2.27. The Morgan fingerprint density at radius 3 is 2.24 bits per heavy atom. The van der Waals surface area contributed by atoms with Crippen molar-refractivity contribution in [3.05, 3.63) is 99.4 Å². The third-order valence-corrected chi connectivity index (χ3v) is 7.79. The molecule has 9 heteroatoms. The molecule has 0 fully saturated rings. The maximum Gasteiger partial charge on any atom is 0.244 e. The number of sulfonamides is 1. The monoisotopic (exact) mass is 589 g/mol. The van der Waals surface area contributed by atoms with Crippen molar-refractivity contribution in [3.63, 3.8) is 0 Å². The molecule has 0 bridgehead atoms. The molecule has 1 aromatic heterocycles. The predicted octanol–water partition coefficient (Wildman–Crippen LogP) is 4.94. The van der Waals surface area contributed by atoms with Gasteiger partial charge >= 0.3 is 0 Å². The zero-order chi connectivity index (χ0) is 23.3. The average Bonchev–Trinajstić information content (AvgIpc) is 3.28. The Balaban J connectivity index is 1.56. The maximum atomic E-state index is 13.2. The van der Waals surface area contributed by atoms with Gasteiger partial charge in [-0.25, -0.2) is 13.4 Å². The molecule has 1 atom stereocenters. The Morgan fingerprint density at radius 1 is 0.939 bits per heavy atom. The molecule has 2 N–H and O–H groups in total. The predicted molar refractivity (Wildman–Crippen MR) is 140 cm³/mol.